The number of fused-ring (bicyclic) bond motifs is 1. The van der Waals surface area contributed by atoms with Gasteiger partial charge in [0.15, 0.2) is 0 Å². The summed E-state index contributed by atoms with van der Waals surface area (Å²) in [7, 11) is 0. The summed E-state index contributed by atoms with van der Waals surface area (Å²) in [4.78, 5) is 5.10. The summed E-state index contributed by atoms with van der Waals surface area (Å²) in [6.07, 6.45) is 9.29. The van der Waals surface area contributed by atoms with Gasteiger partial charge in [-0.25, -0.2) is 4.98 Å². The Labute approximate surface area is 129 Å². The van der Waals surface area contributed by atoms with Crippen LogP contribution in [0.2, 0.25) is 0 Å². The molecule has 1 aromatic heterocycles. The number of hydrogen-bond donors (Lipinski definition) is 1. The van der Waals surface area contributed by atoms with Crippen molar-refractivity contribution < 1.29 is 0 Å². The lowest BCUT2D eigenvalue weighted by Gasteiger charge is -2.27. The third kappa shape index (κ3) is 3.18. The van der Waals surface area contributed by atoms with Crippen LogP contribution in [0.25, 0.3) is 0 Å². The minimum atomic E-state index is 0.594. The number of rotatable bonds is 4. The van der Waals surface area contributed by atoms with Crippen LogP contribution >= 0.6 is 0 Å². The summed E-state index contributed by atoms with van der Waals surface area (Å²) in [6.45, 7) is 9.15. The molecular weight excluding hydrogens is 258 g/mol. The molecular formula is C18H31N3. The van der Waals surface area contributed by atoms with E-state index in [1.54, 1.807) is 0 Å². The van der Waals surface area contributed by atoms with Crippen molar-refractivity contribution in [3.05, 3.63) is 17.2 Å². The van der Waals surface area contributed by atoms with Gasteiger partial charge in [0.05, 0.1) is 5.69 Å². The molecule has 2 heterocycles. The van der Waals surface area contributed by atoms with Crippen LogP contribution in [0.1, 0.15) is 88.5 Å². The maximum atomic E-state index is 5.10. The second-order valence-corrected chi connectivity index (χ2v) is 7.47. The number of aromatic nitrogens is 2. The summed E-state index contributed by atoms with van der Waals surface area (Å²) in [5.41, 5.74) is 2.86. The predicted octanol–water partition coefficient (Wildman–Crippen LogP) is 4.18. The van der Waals surface area contributed by atoms with Crippen molar-refractivity contribution in [3.63, 3.8) is 0 Å². The molecule has 0 spiro atoms. The molecule has 1 N–H and O–H groups in total. The fraction of sp³-hybridized carbons (Fsp3) is 0.833. The first-order chi connectivity index (χ1) is 10.2. The first-order valence-electron chi connectivity index (χ1n) is 8.97. The van der Waals surface area contributed by atoms with Gasteiger partial charge in [0.25, 0.3) is 0 Å². The average molecular weight is 289 g/mol. The zero-order chi connectivity index (χ0) is 14.8. The van der Waals surface area contributed by atoms with Gasteiger partial charge in [-0.15, -0.1) is 0 Å². The van der Waals surface area contributed by atoms with E-state index in [-0.39, 0.29) is 0 Å². The second-order valence-electron chi connectivity index (χ2n) is 7.47. The van der Waals surface area contributed by atoms with Crippen LogP contribution in [0.4, 0.5) is 0 Å². The molecule has 1 fully saturated rings. The highest BCUT2D eigenvalue weighted by atomic mass is 15.1. The highest BCUT2D eigenvalue weighted by Gasteiger charge is 2.28. The first kappa shape index (κ1) is 15.1. The molecule has 3 rings (SSSR count). The van der Waals surface area contributed by atoms with E-state index in [0.717, 1.165) is 25.4 Å². The van der Waals surface area contributed by atoms with Crippen molar-refractivity contribution in [2.24, 2.45) is 5.92 Å². The molecule has 0 radical (unpaired) electrons. The molecule has 1 aliphatic heterocycles. The lowest BCUT2D eigenvalue weighted by atomic mass is 9.88. The fourth-order valence-corrected chi connectivity index (χ4v) is 4.28. The molecule has 0 bridgehead atoms. The Morgan fingerprint density at radius 3 is 2.67 bits per heavy atom. The van der Waals surface area contributed by atoms with Crippen molar-refractivity contribution >= 4 is 0 Å². The Morgan fingerprint density at radius 1 is 1.19 bits per heavy atom. The zero-order valence-corrected chi connectivity index (χ0v) is 14.0. The number of nitrogens with zero attached hydrogens (tertiary/aromatic N) is 2. The predicted molar refractivity (Wildman–Crippen MR) is 87.6 cm³/mol. The summed E-state index contributed by atoms with van der Waals surface area (Å²) in [6, 6.07) is 0.594. The summed E-state index contributed by atoms with van der Waals surface area (Å²) >= 11 is 0. The lowest BCUT2D eigenvalue weighted by Crippen LogP contribution is -2.26. The minimum Gasteiger partial charge on any atom is -0.329 e. The number of nitrogens with one attached hydrogen (secondary N) is 1. The van der Waals surface area contributed by atoms with E-state index >= 15 is 0 Å². The van der Waals surface area contributed by atoms with Crippen LogP contribution < -0.4 is 5.32 Å². The average Bonchev–Trinajstić information content (AvgIpc) is 2.87. The Hall–Kier alpha value is -0.830. The molecule has 0 aromatic carbocycles. The van der Waals surface area contributed by atoms with Gasteiger partial charge in [-0.1, -0.05) is 33.1 Å². The Kier molecular flexibility index (Phi) is 4.68. The van der Waals surface area contributed by atoms with Gasteiger partial charge in [0, 0.05) is 37.2 Å². The molecule has 0 saturated heterocycles. The molecule has 118 valence electrons. The van der Waals surface area contributed by atoms with Crippen LogP contribution in [0, 0.1) is 5.92 Å². The van der Waals surface area contributed by atoms with E-state index in [1.165, 1.54) is 55.7 Å². The highest BCUT2D eigenvalue weighted by Crippen LogP contribution is 2.36. The second kappa shape index (κ2) is 6.51. The van der Waals surface area contributed by atoms with Crippen LogP contribution in [0.5, 0.6) is 0 Å². The molecule has 1 unspecified atom stereocenters. The SMILES string of the molecule is CC(C)CC(C)n1c(C2CCCCC2)nc2c1CCNC2. The van der Waals surface area contributed by atoms with E-state index in [1.807, 2.05) is 0 Å². The van der Waals surface area contributed by atoms with Crippen molar-refractivity contribution in [1.29, 1.82) is 0 Å². The topological polar surface area (TPSA) is 29.9 Å². The molecule has 1 aromatic rings. The molecule has 0 amide bonds. The van der Waals surface area contributed by atoms with Gasteiger partial charge < -0.3 is 9.88 Å². The molecule has 3 heteroatoms. The van der Waals surface area contributed by atoms with Crippen LogP contribution in [-0.2, 0) is 13.0 Å². The van der Waals surface area contributed by atoms with Crippen molar-refractivity contribution in [1.82, 2.24) is 14.9 Å². The van der Waals surface area contributed by atoms with Crippen LogP contribution in [0.3, 0.4) is 0 Å². The lowest BCUT2D eigenvalue weighted by molar-refractivity contribution is 0.368. The fourth-order valence-electron chi connectivity index (χ4n) is 4.28. The number of hydrogen-bond acceptors (Lipinski definition) is 2. The maximum absolute atomic E-state index is 5.10. The minimum absolute atomic E-state index is 0.594. The molecule has 2 aliphatic rings. The van der Waals surface area contributed by atoms with Crippen LogP contribution in [0.15, 0.2) is 0 Å². The van der Waals surface area contributed by atoms with Crippen molar-refractivity contribution in [2.75, 3.05) is 6.54 Å². The maximum Gasteiger partial charge on any atom is 0.112 e. The smallest absolute Gasteiger partial charge is 0.112 e. The van der Waals surface area contributed by atoms with E-state index < -0.39 is 0 Å². The first-order valence-corrected chi connectivity index (χ1v) is 8.97. The third-order valence-corrected chi connectivity index (χ3v) is 5.17. The van der Waals surface area contributed by atoms with E-state index in [2.05, 4.69) is 30.7 Å². The largest absolute Gasteiger partial charge is 0.329 e. The zero-order valence-electron chi connectivity index (χ0n) is 14.0. The third-order valence-electron chi connectivity index (χ3n) is 5.17. The monoisotopic (exact) mass is 289 g/mol. The molecule has 21 heavy (non-hydrogen) atoms. The highest BCUT2D eigenvalue weighted by molar-refractivity contribution is 5.23. The Morgan fingerprint density at radius 2 is 1.95 bits per heavy atom. The van der Waals surface area contributed by atoms with Crippen molar-refractivity contribution in [3.8, 4) is 0 Å². The molecule has 1 saturated carbocycles. The Balaban J connectivity index is 1.95. The van der Waals surface area contributed by atoms with Gasteiger partial charge in [-0.2, -0.15) is 0 Å². The number of imidazole rings is 1. The molecule has 1 aliphatic carbocycles. The molecule has 1 atom stereocenters. The van der Waals surface area contributed by atoms with Gasteiger partial charge in [0.2, 0.25) is 0 Å². The quantitative estimate of drug-likeness (QED) is 0.901. The van der Waals surface area contributed by atoms with Gasteiger partial charge >= 0.3 is 0 Å². The summed E-state index contributed by atoms with van der Waals surface area (Å²) in [5, 5.41) is 3.49. The molecule has 3 nitrogen and oxygen atoms in total. The summed E-state index contributed by atoms with van der Waals surface area (Å²) < 4.78 is 2.64. The Bertz CT molecular complexity index is 469. The van der Waals surface area contributed by atoms with E-state index in [4.69, 9.17) is 4.98 Å². The van der Waals surface area contributed by atoms with Gasteiger partial charge in [-0.05, 0) is 32.1 Å². The van der Waals surface area contributed by atoms with Crippen molar-refractivity contribution in [2.45, 2.75) is 84.2 Å². The van der Waals surface area contributed by atoms with Gasteiger partial charge in [-0.3, -0.25) is 0 Å². The summed E-state index contributed by atoms with van der Waals surface area (Å²) in [5.74, 6) is 2.87. The standard InChI is InChI=1S/C18H31N3/c1-13(2)11-14(3)21-17-9-10-19-12-16(17)20-18(21)15-7-5-4-6-8-15/h13-15,19H,4-12H2,1-3H3. The van der Waals surface area contributed by atoms with Crippen LogP contribution in [-0.4, -0.2) is 16.1 Å². The van der Waals surface area contributed by atoms with Gasteiger partial charge in [0.1, 0.15) is 5.82 Å². The normalized spacial score (nSPS) is 21.5. The van der Waals surface area contributed by atoms with E-state index in [9.17, 15) is 0 Å². The van der Waals surface area contributed by atoms with E-state index in [0.29, 0.717) is 12.0 Å².